The van der Waals surface area contributed by atoms with E-state index in [2.05, 4.69) is 19.2 Å². The van der Waals surface area contributed by atoms with Gasteiger partial charge in [0.15, 0.2) is 0 Å². The first-order valence-corrected chi connectivity index (χ1v) is 7.12. The number of nitrogens with one attached hydrogen (secondary N) is 1. The summed E-state index contributed by atoms with van der Waals surface area (Å²) < 4.78 is 18.2. The lowest BCUT2D eigenvalue weighted by atomic mass is 9.93. The third-order valence-electron chi connectivity index (χ3n) is 3.35. The van der Waals surface area contributed by atoms with Gasteiger partial charge in [0.2, 0.25) is 0 Å². The number of rotatable bonds is 7. The average molecular weight is 275 g/mol. The maximum Gasteiger partial charge on any atom is 0.123 e. The van der Waals surface area contributed by atoms with E-state index in [0.29, 0.717) is 11.8 Å². The fourth-order valence-electron chi connectivity index (χ4n) is 2.28. The molecule has 2 nitrogen and oxygen atoms in total. The molecule has 0 bridgehead atoms. The smallest absolute Gasteiger partial charge is 0.123 e. The van der Waals surface area contributed by atoms with Gasteiger partial charge in [0, 0.05) is 12.5 Å². The molecule has 0 saturated carbocycles. The molecule has 3 heteroatoms. The van der Waals surface area contributed by atoms with E-state index in [4.69, 9.17) is 4.42 Å². The summed E-state index contributed by atoms with van der Waals surface area (Å²) in [6.45, 7) is 6.25. The maximum absolute atomic E-state index is 13.1. The van der Waals surface area contributed by atoms with Gasteiger partial charge in [0.05, 0.1) is 12.5 Å². The van der Waals surface area contributed by atoms with Crippen molar-refractivity contribution in [3.8, 4) is 0 Å². The molecule has 0 aliphatic rings. The molecule has 0 saturated heterocycles. The Kier molecular flexibility index (Phi) is 5.36. The Morgan fingerprint density at radius 3 is 2.45 bits per heavy atom. The van der Waals surface area contributed by atoms with E-state index in [-0.39, 0.29) is 5.82 Å². The first kappa shape index (κ1) is 14.8. The topological polar surface area (TPSA) is 25.2 Å². The third-order valence-corrected chi connectivity index (χ3v) is 3.35. The molecular formula is C17H22FNO. The van der Waals surface area contributed by atoms with Crippen LogP contribution in [0.5, 0.6) is 0 Å². The number of hydrogen-bond donors (Lipinski definition) is 1. The Balaban J connectivity index is 2.04. The molecule has 1 unspecified atom stereocenters. The molecule has 20 heavy (non-hydrogen) atoms. The summed E-state index contributed by atoms with van der Waals surface area (Å²) in [6.07, 6.45) is 4.37. The van der Waals surface area contributed by atoms with Crippen LogP contribution >= 0.6 is 0 Å². The fraction of sp³-hybridized carbons (Fsp3) is 0.412. The average Bonchev–Trinajstić information content (AvgIpc) is 2.91. The van der Waals surface area contributed by atoms with Crippen molar-refractivity contribution in [2.24, 2.45) is 5.92 Å². The zero-order chi connectivity index (χ0) is 14.4. The zero-order valence-electron chi connectivity index (χ0n) is 12.1. The van der Waals surface area contributed by atoms with Crippen LogP contribution < -0.4 is 5.32 Å². The molecule has 0 radical (unpaired) electrons. The molecule has 1 heterocycles. The van der Waals surface area contributed by atoms with E-state index in [1.165, 1.54) is 17.7 Å². The van der Waals surface area contributed by atoms with Gasteiger partial charge in [-0.2, -0.15) is 0 Å². The molecule has 2 rings (SSSR count). The van der Waals surface area contributed by atoms with E-state index in [9.17, 15) is 4.39 Å². The maximum atomic E-state index is 13.1. The van der Waals surface area contributed by atoms with Gasteiger partial charge >= 0.3 is 0 Å². The van der Waals surface area contributed by atoms with Crippen molar-refractivity contribution < 1.29 is 8.81 Å². The van der Waals surface area contributed by atoms with Gasteiger partial charge < -0.3 is 9.73 Å². The molecule has 0 aliphatic carbocycles. The highest BCUT2D eigenvalue weighted by Crippen LogP contribution is 2.21. The monoisotopic (exact) mass is 275 g/mol. The van der Waals surface area contributed by atoms with Gasteiger partial charge in [-0.1, -0.05) is 26.0 Å². The van der Waals surface area contributed by atoms with Gasteiger partial charge in [-0.25, -0.2) is 4.39 Å². The molecule has 108 valence electrons. The molecule has 1 aromatic heterocycles. The van der Waals surface area contributed by atoms with Crippen molar-refractivity contribution in [1.82, 2.24) is 5.32 Å². The molecular weight excluding hydrogens is 253 g/mol. The Morgan fingerprint density at radius 1 is 1.10 bits per heavy atom. The van der Waals surface area contributed by atoms with Gasteiger partial charge in [-0.05, 0) is 48.2 Å². The predicted octanol–water partition coefficient (Wildman–Crippen LogP) is 3.99. The van der Waals surface area contributed by atoms with Crippen LogP contribution in [0.4, 0.5) is 4.39 Å². The normalized spacial score (nSPS) is 12.8. The molecule has 0 spiro atoms. The van der Waals surface area contributed by atoms with Crippen molar-refractivity contribution in [2.75, 3.05) is 13.1 Å². The minimum absolute atomic E-state index is 0.189. The van der Waals surface area contributed by atoms with Crippen molar-refractivity contribution >= 4 is 0 Å². The second-order valence-electron chi connectivity index (χ2n) is 5.64. The summed E-state index contributed by atoms with van der Waals surface area (Å²) in [5, 5.41) is 3.49. The van der Waals surface area contributed by atoms with Crippen LogP contribution in [0.3, 0.4) is 0 Å². The predicted molar refractivity (Wildman–Crippen MR) is 79.3 cm³/mol. The van der Waals surface area contributed by atoms with Crippen molar-refractivity contribution in [3.05, 3.63) is 59.8 Å². The summed E-state index contributed by atoms with van der Waals surface area (Å²) in [6, 6.07) is 8.79. The standard InChI is InChI=1S/C17H22FNO/c1-13(2)10-19-11-16(9-14-7-8-20-12-14)15-3-5-17(18)6-4-15/h3-8,12-13,16,19H,9-11H2,1-2H3. The third kappa shape index (κ3) is 4.49. The van der Waals surface area contributed by atoms with Gasteiger partial charge in [-0.3, -0.25) is 0 Å². The highest BCUT2D eigenvalue weighted by atomic mass is 19.1. The minimum Gasteiger partial charge on any atom is -0.472 e. The highest BCUT2D eigenvalue weighted by Gasteiger charge is 2.13. The Bertz CT molecular complexity index is 490. The van der Waals surface area contributed by atoms with Crippen LogP contribution in [0, 0.1) is 11.7 Å². The summed E-state index contributed by atoms with van der Waals surface area (Å²) in [5.74, 6) is 0.760. The van der Waals surface area contributed by atoms with Crippen molar-refractivity contribution in [2.45, 2.75) is 26.2 Å². The molecule has 1 atom stereocenters. The van der Waals surface area contributed by atoms with Crippen molar-refractivity contribution in [1.29, 1.82) is 0 Å². The summed E-state index contributed by atoms with van der Waals surface area (Å²) in [5.41, 5.74) is 2.33. The van der Waals surface area contributed by atoms with Gasteiger partial charge in [0.25, 0.3) is 0 Å². The van der Waals surface area contributed by atoms with Crippen molar-refractivity contribution in [3.63, 3.8) is 0 Å². The molecule has 1 N–H and O–H groups in total. The lowest BCUT2D eigenvalue weighted by Gasteiger charge is -2.18. The van der Waals surface area contributed by atoms with Crippen LogP contribution in [0.15, 0.2) is 47.3 Å². The fourth-order valence-corrected chi connectivity index (χ4v) is 2.28. The molecule has 1 aromatic carbocycles. The quantitative estimate of drug-likeness (QED) is 0.826. The number of furan rings is 1. The Hall–Kier alpha value is -1.61. The number of benzene rings is 1. The van der Waals surface area contributed by atoms with E-state index in [1.54, 1.807) is 12.5 Å². The lowest BCUT2D eigenvalue weighted by Crippen LogP contribution is -2.26. The highest BCUT2D eigenvalue weighted by molar-refractivity contribution is 5.23. The number of hydrogen-bond acceptors (Lipinski definition) is 2. The molecule has 2 aromatic rings. The zero-order valence-corrected chi connectivity index (χ0v) is 12.1. The van der Waals surface area contributed by atoms with E-state index in [1.807, 2.05) is 18.2 Å². The molecule has 0 fully saturated rings. The summed E-state index contributed by atoms with van der Waals surface area (Å²) >= 11 is 0. The van der Waals surface area contributed by atoms with Crippen LogP contribution in [0.25, 0.3) is 0 Å². The minimum atomic E-state index is -0.189. The van der Waals surface area contributed by atoms with Crippen LogP contribution in [0.2, 0.25) is 0 Å². The van der Waals surface area contributed by atoms with E-state index < -0.39 is 0 Å². The Labute approximate surface area is 120 Å². The Morgan fingerprint density at radius 2 is 1.85 bits per heavy atom. The van der Waals surface area contributed by atoms with Crippen LogP contribution in [-0.4, -0.2) is 13.1 Å². The van der Waals surface area contributed by atoms with E-state index in [0.717, 1.165) is 25.1 Å². The second-order valence-corrected chi connectivity index (χ2v) is 5.64. The first-order valence-electron chi connectivity index (χ1n) is 7.12. The molecule has 0 amide bonds. The van der Waals surface area contributed by atoms with Crippen LogP contribution in [0.1, 0.15) is 30.9 Å². The van der Waals surface area contributed by atoms with E-state index >= 15 is 0 Å². The molecule has 0 aliphatic heterocycles. The lowest BCUT2D eigenvalue weighted by molar-refractivity contribution is 0.510. The first-order chi connectivity index (χ1) is 9.65. The largest absolute Gasteiger partial charge is 0.472 e. The van der Waals surface area contributed by atoms with Gasteiger partial charge in [0.1, 0.15) is 5.82 Å². The van der Waals surface area contributed by atoms with Gasteiger partial charge in [-0.15, -0.1) is 0 Å². The summed E-state index contributed by atoms with van der Waals surface area (Å²) in [7, 11) is 0. The number of halogens is 1. The summed E-state index contributed by atoms with van der Waals surface area (Å²) in [4.78, 5) is 0. The second kappa shape index (κ2) is 7.25. The van der Waals surface area contributed by atoms with Crippen LogP contribution in [-0.2, 0) is 6.42 Å². The SMILES string of the molecule is CC(C)CNCC(Cc1ccoc1)c1ccc(F)cc1.